The van der Waals surface area contributed by atoms with Crippen molar-refractivity contribution in [1.82, 2.24) is 14.5 Å². The van der Waals surface area contributed by atoms with E-state index in [1.165, 1.54) is 24.1 Å². The molecular weight excluding hydrogens is 490 g/mol. The Bertz CT molecular complexity index is 1380. The van der Waals surface area contributed by atoms with Crippen molar-refractivity contribution in [3.63, 3.8) is 0 Å². The maximum atomic E-state index is 13.5. The molecule has 4 rings (SSSR count). The summed E-state index contributed by atoms with van der Waals surface area (Å²) in [6, 6.07) is 24.2. The molecule has 8 nitrogen and oxygen atoms in total. The number of sulfonamides is 1. The van der Waals surface area contributed by atoms with E-state index in [9.17, 15) is 22.8 Å². The normalized spacial score (nSPS) is 14.6. The molecule has 3 amide bonds. The summed E-state index contributed by atoms with van der Waals surface area (Å²) in [7, 11) is -2.41. The molecule has 9 heteroatoms. The second-order valence-corrected chi connectivity index (χ2v) is 10.6. The standard InChI is InChI=1S/C28H29N3O5S/c1-29-27(33)24(19-21-11-4-2-5-12-21)30(20-22-13-6-3-7-14-22)26(32)17-10-18-31-28(34)23-15-8-9-16-25(23)37(31,35)36/h2-9,11-16,24H,10,17-20H2,1H3,(H,29,33)/t24-/m0/s1. The number of nitrogens with one attached hydrogen (secondary N) is 1. The predicted molar refractivity (Wildman–Crippen MR) is 139 cm³/mol. The molecule has 3 aromatic rings. The Morgan fingerprint density at radius 2 is 1.49 bits per heavy atom. The summed E-state index contributed by atoms with van der Waals surface area (Å²) in [6.45, 7) is 0.0983. The van der Waals surface area contributed by atoms with Gasteiger partial charge in [0.25, 0.3) is 15.9 Å². The van der Waals surface area contributed by atoms with Gasteiger partial charge < -0.3 is 10.2 Å². The van der Waals surface area contributed by atoms with E-state index in [-0.39, 0.29) is 48.2 Å². The molecule has 0 spiro atoms. The van der Waals surface area contributed by atoms with Gasteiger partial charge in [-0.05, 0) is 29.7 Å². The topological polar surface area (TPSA) is 104 Å². The van der Waals surface area contributed by atoms with Crippen molar-refractivity contribution in [2.75, 3.05) is 13.6 Å². The van der Waals surface area contributed by atoms with Crippen molar-refractivity contribution in [1.29, 1.82) is 0 Å². The van der Waals surface area contributed by atoms with Crippen LogP contribution in [0.5, 0.6) is 0 Å². The number of rotatable bonds is 10. The second-order valence-electron chi connectivity index (χ2n) is 8.81. The zero-order chi connectivity index (χ0) is 26.4. The summed E-state index contributed by atoms with van der Waals surface area (Å²) < 4.78 is 26.5. The lowest BCUT2D eigenvalue weighted by Crippen LogP contribution is -2.49. The van der Waals surface area contributed by atoms with Gasteiger partial charge in [0.15, 0.2) is 0 Å². The number of fused-ring (bicyclic) bond motifs is 1. The Morgan fingerprint density at radius 3 is 2.11 bits per heavy atom. The minimum absolute atomic E-state index is 0.0143. The molecule has 1 aliphatic heterocycles. The molecule has 0 aliphatic carbocycles. The average Bonchev–Trinajstić information content (AvgIpc) is 3.11. The van der Waals surface area contributed by atoms with E-state index in [2.05, 4.69) is 5.32 Å². The van der Waals surface area contributed by atoms with Crippen molar-refractivity contribution in [3.05, 3.63) is 102 Å². The Balaban J connectivity index is 1.52. The molecule has 1 aliphatic rings. The molecule has 1 N–H and O–H groups in total. The summed E-state index contributed by atoms with van der Waals surface area (Å²) in [5.41, 5.74) is 1.92. The fourth-order valence-corrected chi connectivity index (χ4v) is 6.08. The van der Waals surface area contributed by atoms with Gasteiger partial charge in [-0.2, -0.15) is 0 Å². The lowest BCUT2D eigenvalue weighted by atomic mass is 10.0. The molecule has 0 radical (unpaired) electrons. The first-order chi connectivity index (χ1) is 17.8. The highest BCUT2D eigenvalue weighted by Gasteiger charge is 2.40. The second kappa shape index (κ2) is 11.4. The van der Waals surface area contributed by atoms with E-state index in [1.54, 1.807) is 12.1 Å². The van der Waals surface area contributed by atoms with E-state index in [4.69, 9.17) is 0 Å². The number of hydrogen-bond donors (Lipinski definition) is 1. The largest absolute Gasteiger partial charge is 0.357 e. The van der Waals surface area contributed by atoms with Crippen LogP contribution in [0.3, 0.4) is 0 Å². The maximum Gasteiger partial charge on any atom is 0.269 e. The van der Waals surface area contributed by atoms with Crippen molar-refractivity contribution >= 4 is 27.7 Å². The fourth-order valence-electron chi connectivity index (χ4n) is 4.47. The highest BCUT2D eigenvalue weighted by Crippen LogP contribution is 2.30. The lowest BCUT2D eigenvalue weighted by Gasteiger charge is -2.31. The van der Waals surface area contributed by atoms with Gasteiger partial charge in [-0.15, -0.1) is 0 Å². The van der Waals surface area contributed by atoms with Crippen LogP contribution < -0.4 is 5.32 Å². The molecule has 3 aromatic carbocycles. The van der Waals surface area contributed by atoms with Crippen LogP contribution in [-0.2, 0) is 32.6 Å². The third kappa shape index (κ3) is 5.72. The SMILES string of the molecule is CNC(=O)[C@H](Cc1ccccc1)N(Cc1ccccc1)C(=O)CCCN1C(=O)c2ccccc2S1(=O)=O. The molecule has 0 bridgehead atoms. The smallest absolute Gasteiger partial charge is 0.269 e. The number of benzene rings is 3. The van der Waals surface area contributed by atoms with Crippen LogP contribution >= 0.6 is 0 Å². The van der Waals surface area contributed by atoms with E-state index in [0.717, 1.165) is 15.4 Å². The maximum absolute atomic E-state index is 13.5. The van der Waals surface area contributed by atoms with Crippen molar-refractivity contribution in [2.24, 2.45) is 0 Å². The molecule has 192 valence electrons. The van der Waals surface area contributed by atoms with Gasteiger partial charge in [0, 0.05) is 33.0 Å². The number of likely N-dealkylation sites (N-methyl/N-ethyl adjacent to an activating group) is 1. The van der Waals surface area contributed by atoms with Gasteiger partial charge in [0.1, 0.15) is 10.9 Å². The minimum Gasteiger partial charge on any atom is -0.357 e. The van der Waals surface area contributed by atoms with Gasteiger partial charge in [0.2, 0.25) is 11.8 Å². The van der Waals surface area contributed by atoms with E-state index >= 15 is 0 Å². The first-order valence-electron chi connectivity index (χ1n) is 12.1. The van der Waals surface area contributed by atoms with Crippen LogP contribution in [0.2, 0.25) is 0 Å². The Kier molecular flexibility index (Phi) is 8.03. The van der Waals surface area contributed by atoms with Crippen molar-refractivity contribution in [2.45, 2.75) is 36.7 Å². The summed E-state index contributed by atoms with van der Waals surface area (Å²) in [6.07, 6.45) is 0.438. The minimum atomic E-state index is -3.94. The zero-order valence-corrected chi connectivity index (χ0v) is 21.4. The Morgan fingerprint density at radius 1 is 0.892 bits per heavy atom. The Hall–Kier alpha value is -3.98. The first-order valence-corrected chi connectivity index (χ1v) is 13.5. The molecule has 0 aromatic heterocycles. The number of hydrogen-bond acceptors (Lipinski definition) is 5. The third-order valence-electron chi connectivity index (χ3n) is 6.38. The van der Waals surface area contributed by atoms with Gasteiger partial charge in [-0.1, -0.05) is 72.8 Å². The Labute approximate surface area is 217 Å². The lowest BCUT2D eigenvalue weighted by molar-refractivity contribution is -0.141. The number of nitrogens with zero attached hydrogens (tertiary/aromatic N) is 2. The van der Waals surface area contributed by atoms with Crippen LogP contribution in [0, 0.1) is 0 Å². The van der Waals surface area contributed by atoms with Crippen LogP contribution in [0.25, 0.3) is 0 Å². The number of carbonyl (C=O) groups is 3. The summed E-state index contributed by atoms with van der Waals surface area (Å²) >= 11 is 0. The summed E-state index contributed by atoms with van der Waals surface area (Å²) in [5, 5.41) is 2.67. The van der Waals surface area contributed by atoms with E-state index < -0.39 is 22.0 Å². The van der Waals surface area contributed by atoms with Crippen molar-refractivity contribution in [3.8, 4) is 0 Å². The summed E-state index contributed by atoms with van der Waals surface area (Å²) in [5.74, 6) is -1.17. The van der Waals surface area contributed by atoms with E-state index in [0.29, 0.717) is 6.42 Å². The summed E-state index contributed by atoms with van der Waals surface area (Å²) in [4.78, 5) is 40.7. The molecule has 1 heterocycles. The molecule has 0 saturated carbocycles. The van der Waals surface area contributed by atoms with Gasteiger partial charge in [0.05, 0.1) is 5.56 Å². The number of carbonyl (C=O) groups excluding carboxylic acids is 3. The number of amides is 3. The van der Waals surface area contributed by atoms with E-state index in [1.807, 2.05) is 60.7 Å². The third-order valence-corrected chi connectivity index (χ3v) is 8.22. The van der Waals surface area contributed by atoms with Crippen molar-refractivity contribution < 1.29 is 22.8 Å². The quantitative estimate of drug-likeness (QED) is 0.444. The van der Waals surface area contributed by atoms with Gasteiger partial charge >= 0.3 is 0 Å². The zero-order valence-electron chi connectivity index (χ0n) is 20.5. The van der Waals surface area contributed by atoms with Crippen LogP contribution in [0.1, 0.15) is 34.3 Å². The molecular formula is C28H29N3O5S. The molecule has 0 unspecified atom stereocenters. The van der Waals surface area contributed by atoms with Crippen LogP contribution in [-0.4, -0.2) is 55.0 Å². The van der Waals surface area contributed by atoms with Crippen LogP contribution in [0.15, 0.2) is 89.8 Å². The average molecular weight is 520 g/mol. The van der Waals surface area contributed by atoms with Gasteiger partial charge in [-0.25, -0.2) is 12.7 Å². The van der Waals surface area contributed by atoms with Crippen LogP contribution in [0.4, 0.5) is 0 Å². The highest BCUT2D eigenvalue weighted by atomic mass is 32.2. The molecule has 1 atom stereocenters. The molecule has 37 heavy (non-hydrogen) atoms. The highest BCUT2D eigenvalue weighted by molar-refractivity contribution is 7.90. The monoisotopic (exact) mass is 519 g/mol. The molecule has 0 saturated heterocycles. The predicted octanol–water partition coefficient (Wildman–Crippen LogP) is 3.00. The molecule has 0 fully saturated rings. The first kappa shape index (κ1) is 26.1. The fraction of sp³-hybridized carbons (Fsp3) is 0.250. The van der Waals surface area contributed by atoms with Gasteiger partial charge in [-0.3, -0.25) is 14.4 Å².